The molecule has 18 heavy (non-hydrogen) atoms. The van der Waals surface area contributed by atoms with Crippen LogP contribution in [0.2, 0.25) is 0 Å². The first-order valence-electron chi connectivity index (χ1n) is 5.27. The zero-order chi connectivity index (χ0) is 13.3. The summed E-state index contributed by atoms with van der Waals surface area (Å²) in [7, 11) is -2.94. The first-order chi connectivity index (χ1) is 8.46. The van der Waals surface area contributed by atoms with E-state index in [9.17, 15) is 19.6 Å². The first-order valence-corrected chi connectivity index (χ1v) is 9.36. The van der Waals surface area contributed by atoms with Crippen molar-refractivity contribution in [1.29, 1.82) is 0 Å². The number of hydrogen-bond donors (Lipinski definition) is 4. The van der Waals surface area contributed by atoms with E-state index in [2.05, 4.69) is 0 Å². The maximum atomic E-state index is 10.7. The molecule has 0 radical (unpaired) electrons. The van der Waals surface area contributed by atoms with E-state index in [1.54, 1.807) is 36.4 Å². The van der Waals surface area contributed by atoms with E-state index in [0.29, 0.717) is 0 Å². The summed E-state index contributed by atoms with van der Waals surface area (Å²) in [5, 5.41) is 0.289. The van der Waals surface area contributed by atoms with Crippen LogP contribution in [-0.2, 0) is 0 Å². The fourth-order valence-electron chi connectivity index (χ4n) is 1.76. The van der Waals surface area contributed by atoms with Gasteiger partial charge in [0.15, 0.2) is 0 Å². The van der Waals surface area contributed by atoms with Crippen molar-refractivity contribution in [2.24, 2.45) is 0 Å². The fraction of sp³-hybridized carbons (Fsp3) is 0. The summed E-state index contributed by atoms with van der Waals surface area (Å²) < 4.78 is 0. The molecule has 0 atom stereocenters. The predicted octanol–water partition coefficient (Wildman–Crippen LogP) is 1.22. The summed E-state index contributed by atoms with van der Waals surface area (Å²) >= 11 is 0. The van der Waals surface area contributed by atoms with Gasteiger partial charge in [-0.3, -0.25) is 0 Å². The molecule has 0 aromatic heterocycles. The molecule has 0 unspecified atom stereocenters. The fourth-order valence-corrected chi connectivity index (χ4v) is 5.95. The molecule has 2 aromatic rings. The van der Waals surface area contributed by atoms with Crippen molar-refractivity contribution in [3.8, 4) is 0 Å². The van der Waals surface area contributed by atoms with Crippen LogP contribution in [0, 0.1) is 0 Å². The molecule has 0 fully saturated rings. The third kappa shape index (κ3) is 1.98. The van der Waals surface area contributed by atoms with Crippen molar-refractivity contribution < 1.29 is 19.6 Å². The quantitative estimate of drug-likeness (QED) is 0.639. The second kappa shape index (κ2) is 4.67. The van der Waals surface area contributed by atoms with Crippen molar-refractivity contribution in [2.45, 2.75) is 0 Å². The Hall–Kier alpha value is -0.860. The van der Waals surface area contributed by atoms with Crippen molar-refractivity contribution in [3.05, 3.63) is 60.7 Å². The van der Waals surface area contributed by atoms with Crippen molar-refractivity contribution in [3.63, 3.8) is 0 Å². The second-order valence-electron chi connectivity index (χ2n) is 3.92. The van der Waals surface area contributed by atoms with E-state index in [1.807, 2.05) is 0 Å². The summed E-state index contributed by atoms with van der Waals surface area (Å²) in [5.41, 5.74) is 0. The average Bonchev–Trinajstić information content (AvgIpc) is 2.41. The zero-order valence-corrected chi connectivity index (χ0v) is 11.2. The van der Waals surface area contributed by atoms with Gasteiger partial charge in [-0.15, -0.1) is 0 Å². The Morgan fingerprint density at radius 3 is 1.28 bits per heavy atom. The van der Waals surface area contributed by atoms with E-state index in [-0.39, 0.29) is 10.6 Å². The standard InChI is InChI=1S/C12H14O4P2/c13-17(14)18(15,16,11-7-3-1-4-8-11)12-9-5-2-6-10-12/h1-10,13-16H. The van der Waals surface area contributed by atoms with Crippen LogP contribution in [-0.4, -0.2) is 19.6 Å². The molecule has 0 spiro atoms. The second-order valence-corrected chi connectivity index (χ2v) is 10.8. The van der Waals surface area contributed by atoms with E-state index in [0.717, 1.165) is 0 Å². The third-order valence-corrected chi connectivity index (χ3v) is 9.40. The van der Waals surface area contributed by atoms with Gasteiger partial charge in [-0.2, -0.15) is 0 Å². The molecule has 2 aromatic carbocycles. The van der Waals surface area contributed by atoms with Crippen molar-refractivity contribution >= 4 is 25.4 Å². The van der Waals surface area contributed by atoms with Gasteiger partial charge in [-0.1, -0.05) is 0 Å². The van der Waals surface area contributed by atoms with Crippen LogP contribution in [0.1, 0.15) is 0 Å². The van der Waals surface area contributed by atoms with Crippen LogP contribution in [0.3, 0.4) is 0 Å². The summed E-state index contributed by atoms with van der Waals surface area (Å²) in [4.78, 5) is 40.7. The minimum atomic E-state index is -4.89. The molecule has 0 saturated heterocycles. The van der Waals surface area contributed by atoms with E-state index in [4.69, 9.17) is 0 Å². The van der Waals surface area contributed by atoms with Gasteiger partial charge in [0.2, 0.25) is 0 Å². The molecule has 96 valence electrons. The Bertz CT molecular complexity index is 485. The van der Waals surface area contributed by atoms with Gasteiger partial charge in [-0.25, -0.2) is 0 Å². The molecule has 6 heteroatoms. The third-order valence-electron chi connectivity index (χ3n) is 2.80. The predicted molar refractivity (Wildman–Crippen MR) is 74.9 cm³/mol. The molecule has 4 N–H and O–H groups in total. The molecule has 0 heterocycles. The number of rotatable bonds is 3. The molecule has 0 aliphatic heterocycles. The number of benzene rings is 2. The normalized spacial score (nSPS) is 14.2. The summed E-state index contributed by atoms with van der Waals surface area (Å²) in [6, 6.07) is 15.9. The van der Waals surface area contributed by atoms with Gasteiger partial charge in [0.05, 0.1) is 0 Å². The number of hydrogen-bond acceptors (Lipinski definition) is 4. The Labute approximate surface area is 106 Å². The monoisotopic (exact) mass is 284 g/mol. The van der Waals surface area contributed by atoms with E-state index in [1.165, 1.54) is 24.3 Å². The Morgan fingerprint density at radius 2 is 1.00 bits per heavy atom. The molecular weight excluding hydrogens is 270 g/mol. The molecule has 0 aliphatic rings. The first kappa shape index (κ1) is 13.6. The van der Waals surface area contributed by atoms with Crippen LogP contribution in [0.5, 0.6) is 0 Å². The summed E-state index contributed by atoms with van der Waals surface area (Å²) in [6.07, 6.45) is 0. The van der Waals surface area contributed by atoms with Gasteiger partial charge in [-0.05, 0) is 0 Å². The Balaban J connectivity index is 2.72. The van der Waals surface area contributed by atoms with E-state index < -0.39 is 14.8 Å². The van der Waals surface area contributed by atoms with Crippen LogP contribution in [0.15, 0.2) is 60.7 Å². The maximum absolute atomic E-state index is 10.7. The SMILES string of the molecule is OP(O)P(O)(O)(c1ccccc1)c1ccccc1. The molecule has 0 bridgehead atoms. The van der Waals surface area contributed by atoms with Crippen LogP contribution < -0.4 is 10.6 Å². The van der Waals surface area contributed by atoms with Gasteiger partial charge >= 0.3 is 106 Å². The Morgan fingerprint density at radius 1 is 0.667 bits per heavy atom. The van der Waals surface area contributed by atoms with Gasteiger partial charge in [0.25, 0.3) is 0 Å². The average molecular weight is 284 g/mol. The van der Waals surface area contributed by atoms with Gasteiger partial charge in [0.1, 0.15) is 0 Å². The van der Waals surface area contributed by atoms with E-state index >= 15 is 0 Å². The molecule has 2 rings (SSSR count). The van der Waals surface area contributed by atoms with Crippen molar-refractivity contribution in [2.75, 3.05) is 0 Å². The summed E-state index contributed by atoms with van der Waals surface area (Å²) in [5.74, 6) is 0. The van der Waals surface area contributed by atoms with Crippen LogP contribution in [0.4, 0.5) is 0 Å². The Kier molecular flexibility index (Phi) is 3.52. The van der Waals surface area contributed by atoms with Crippen LogP contribution in [0.25, 0.3) is 0 Å². The molecular formula is C12H14O4P2. The minimum absolute atomic E-state index is 0.144. The van der Waals surface area contributed by atoms with Crippen LogP contribution >= 0.6 is 14.8 Å². The van der Waals surface area contributed by atoms with Crippen molar-refractivity contribution in [1.82, 2.24) is 0 Å². The summed E-state index contributed by atoms with van der Waals surface area (Å²) in [6.45, 7) is -4.89. The molecule has 0 aliphatic carbocycles. The molecule has 0 amide bonds. The van der Waals surface area contributed by atoms with Gasteiger partial charge < -0.3 is 0 Å². The zero-order valence-electron chi connectivity index (χ0n) is 9.46. The molecule has 0 saturated carbocycles. The van der Waals surface area contributed by atoms with Gasteiger partial charge in [0, 0.05) is 0 Å². The molecule has 4 nitrogen and oxygen atoms in total. The topological polar surface area (TPSA) is 80.9 Å².